The Morgan fingerprint density at radius 3 is 2.71 bits per heavy atom. The van der Waals surface area contributed by atoms with Crippen LogP contribution in [-0.4, -0.2) is 15.0 Å². The summed E-state index contributed by atoms with van der Waals surface area (Å²) in [5.74, 6) is 1.15. The second kappa shape index (κ2) is 3.75. The molecule has 0 saturated heterocycles. The quantitative estimate of drug-likeness (QED) is 0.692. The van der Waals surface area contributed by atoms with Crippen molar-refractivity contribution in [2.45, 2.75) is 0 Å². The number of nitrogens with one attached hydrogen (secondary N) is 1. The smallest absolute Gasteiger partial charge is 0.180 e. The summed E-state index contributed by atoms with van der Waals surface area (Å²) < 4.78 is 0. The van der Waals surface area contributed by atoms with Crippen LogP contribution in [0.25, 0.3) is 22.6 Å². The zero-order valence-corrected chi connectivity index (χ0v) is 9.57. The second-order valence-electron chi connectivity index (χ2n) is 3.67. The van der Waals surface area contributed by atoms with Gasteiger partial charge >= 0.3 is 0 Å². The number of fused-ring (bicyclic) bond motifs is 1. The third-order valence-electron chi connectivity index (χ3n) is 2.50. The summed E-state index contributed by atoms with van der Waals surface area (Å²) in [6, 6.07) is 11.1. The van der Waals surface area contributed by atoms with Crippen molar-refractivity contribution in [2.24, 2.45) is 0 Å². The average Bonchev–Trinajstić information content (AvgIpc) is 2.72. The first kappa shape index (κ1) is 10.1. The van der Waals surface area contributed by atoms with Crippen LogP contribution in [0.1, 0.15) is 0 Å². The zero-order chi connectivity index (χ0) is 11.8. The molecule has 0 radical (unpaired) electrons. The summed E-state index contributed by atoms with van der Waals surface area (Å²) in [6.07, 6.45) is 0. The Kier molecular flexibility index (Phi) is 2.23. The number of imidazole rings is 1. The molecule has 0 aliphatic carbocycles. The number of aromatic amines is 1. The third-order valence-corrected chi connectivity index (χ3v) is 2.83. The molecule has 0 amide bonds. The summed E-state index contributed by atoms with van der Waals surface area (Å²) in [5.41, 5.74) is 7.90. The van der Waals surface area contributed by atoms with Gasteiger partial charge in [0.2, 0.25) is 0 Å². The van der Waals surface area contributed by atoms with Gasteiger partial charge in [-0.25, -0.2) is 9.97 Å². The van der Waals surface area contributed by atoms with E-state index in [-0.39, 0.29) is 0 Å². The summed E-state index contributed by atoms with van der Waals surface area (Å²) in [7, 11) is 0. The predicted molar refractivity (Wildman–Crippen MR) is 68.7 cm³/mol. The van der Waals surface area contributed by atoms with Crippen LogP contribution in [0, 0.1) is 0 Å². The number of pyridine rings is 1. The SMILES string of the molecule is Nc1ccc2[nH]c(-c3ccccc3Cl)nc2n1. The van der Waals surface area contributed by atoms with Gasteiger partial charge in [0.25, 0.3) is 0 Å². The third kappa shape index (κ3) is 1.72. The molecule has 3 rings (SSSR count). The number of nitrogens with two attached hydrogens (primary N) is 1. The summed E-state index contributed by atoms with van der Waals surface area (Å²) in [5, 5.41) is 0.652. The molecule has 84 valence electrons. The number of hydrogen-bond donors (Lipinski definition) is 2. The van der Waals surface area contributed by atoms with Crippen LogP contribution in [0.4, 0.5) is 5.82 Å². The molecule has 4 nitrogen and oxygen atoms in total. The highest BCUT2D eigenvalue weighted by Crippen LogP contribution is 2.26. The van der Waals surface area contributed by atoms with Gasteiger partial charge in [-0.1, -0.05) is 23.7 Å². The van der Waals surface area contributed by atoms with E-state index < -0.39 is 0 Å². The number of benzene rings is 1. The highest BCUT2D eigenvalue weighted by Gasteiger charge is 2.08. The maximum absolute atomic E-state index is 6.11. The lowest BCUT2D eigenvalue weighted by atomic mass is 10.2. The lowest BCUT2D eigenvalue weighted by Crippen LogP contribution is -1.88. The molecule has 2 aromatic heterocycles. The lowest BCUT2D eigenvalue weighted by Gasteiger charge is -1.98. The first-order valence-electron chi connectivity index (χ1n) is 5.11. The van der Waals surface area contributed by atoms with Crippen molar-refractivity contribution in [3.8, 4) is 11.4 Å². The number of H-pyrrole nitrogens is 1. The van der Waals surface area contributed by atoms with Crippen LogP contribution < -0.4 is 5.73 Å². The Balaban J connectivity index is 2.22. The van der Waals surface area contributed by atoms with Gasteiger partial charge in [-0.2, -0.15) is 0 Å². The summed E-state index contributed by atoms with van der Waals surface area (Å²) >= 11 is 6.11. The van der Waals surface area contributed by atoms with E-state index in [9.17, 15) is 0 Å². The largest absolute Gasteiger partial charge is 0.384 e. The Bertz CT molecular complexity index is 690. The molecule has 5 heteroatoms. The van der Waals surface area contributed by atoms with Gasteiger partial charge in [0.1, 0.15) is 11.6 Å². The van der Waals surface area contributed by atoms with Crippen LogP contribution in [0.5, 0.6) is 0 Å². The van der Waals surface area contributed by atoms with Gasteiger partial charge in [-0.05, 0) is 24.3 Å². The van der Waals surface area contributed by atoms with E-state index in [1.165, 1.54) is 0 Å². The minimum Gasteiger partial charge on any atom is -0.384 e. The highest BCUT2D eigenvalue weighted by atomic mass is 35.5. The Morgan fingerprint density at radius 2 is 1.88 bits per heavy atom. The summed E-state index contributed by atoms with van der Waals surface area (Å²) in [6.45, 7) is 0. The van der Waals surface area contributed by atoms with Gasteiger partial charge in [0.15, 0.2) is 5.65 Å². The number of anilines is 1. The molecule has 0 atom stereocenters. The molecule has 0 bridgehead atoms. The molecule has 0 spiro atoms. The molecule has 0 unspecified atom stereocenters. The number of aromatic nitrogens is 3. The Labute approximate surface area is 102 Å². The first-order valence-corrected chi connectivity index (χ1v) is 5.49. The van der Waals surface area contributed by atoms with Crippen molar-refractivity contribution >= 4 is 28.6 Å². The highest BCUT2D eigenvalue weighted by molar-refractivity contribution is 6.33. The first-order chi connectivity index (χ1) is 8.24. The number of nitrogen functional groups attached to an aromatic ring is 1. The van der Waals surface area contributed by atoms with Crippen molar-refractivity contribution in [3.05, 3.63) is 41.4 Å². The van der Waals surface area contributed by atoms with Gasteiger partial charge in [0, 0.05) is 5.56 Å². The predicted octanol–water partition coefficient (Wildman–Crippen LogP) is 2.86. The molecule has 3 N–H and O–H groups in total. The maximum atomic E-state index is 6.11. The van der Waals surface area contributed by atoms with Gasteiger partial charge in [0.05, 0.1) is 10.5 Å². The van der Waals surface area contributed by atoms with Gasteiger partial charge < -0.3 is 10.7 Å². The van der Waals surface area contributed by atoms with Crippen LogP contribution >= 0.6 is 11.6 Å². The van der Waals surface area contributed by atoms with Gasteiger partial charge in [-0.3, -0.25) is 0 Å². The maximum Gasteiger partial charge on any atom is 0.180 e. The van der Waals surface area contributed by atoms with Gasteiger partial charge in [-0.15, -0.1) is 0 Å². The van der Waals surface area contributed by atoms with E-state index in [1.54, 1.807) is 6.07 Å². The van der Waals surface area contributed by atoms with Crippen molar-refractivity contribution < 1.29 is 0 Å². The summed E-state index contributed by atoms with van der Waals surface area (Å²) in [4.78, 5) is 11.7. The van der Waals surface area contributed by atoms with E-state index >= 15 is 0 Å². The molecular formula is C12H9ClN4. The number of halogens is 1. The number of rotatable bonds is 1. The van der Waals surface area contributed by atoms with E-state index in [2.05, 4.69) is 15.0 Å². The molecule has 2 heterocycles. The Morgan fingerprint density at radius 1 is 1.06 bits per heavy atom. The molecule has 0 saturated carbocycles. The zero-order valence-electron chi connectivity index (χ0n) is 8.81. The normalized spacial score (nSPS) is 10.9. The minimum atomic E-state index is 0.453. The van der Waals surface area contributed by atoms with Crippen LogP contribution in [0.3, 0.4) is 0 Å². The molecule has 0 aliphatic rings. The standard InChI is InChI=1S/C12H9ClN4/c13-8-4-2-1-3-7(8)11-15-9-5-6-10(14)16-12(9)17-11/h1-6H,(H3,14,15,16,17). The topological polar surface area (TPSA) is 67.6 Å². The van der Waals surface area contributed by atoms with E-state index in [1.807, 2.05) is 30.3 Å². The van der Waals surface area contributed by atoms with Crippen molar-refractivity contribution in [3.63, 3.8) is 0 Å². The van der Waals surface area contributed by atoms with Crippen LogP contribution in [-0.2, 0) is 0 Å². The number of nitrogens with zero attached hydrogens (tertiary/aromatic N) is 2. The van der Waals surface area contributed by atoms with Crippen molar-refractivity contribution in [1.82, 2.24) is 15.0 Å². The van der Waals surface area contributed by atoms with E-state index in [0.717, 1.165) is 11.1 Å². The van der Waals surface area contributed by atoms with E-state index in [4.69, 9.17) is 17.3 Å². The average molecular weight is 245 g/mol. The minimum absolute atomic E-state index is 0.453. The van der Waals surface area contributed by atoms with Crippen molar-refractivity contribution in [1.29, 1.82) is 0 Å². The van der Waals surface area contributed by atoms with Crippen LogP contribution in [0.2, 0.25) is 5.02 Å². The molecule has 0 aliphatic heterocycles. The molecule has 3 aromatic rings. The Hall–Kier alpha value is -2.07. The van der Waals surface area contributed by atoms with E-state index in [0.29, 0.717) is 22.3 Å². The molecule has 1 aromatic carbocycles. The fourth-order valence-corrected chi connectivity index (χ4v) is 1.91. The fourth-order valence-electron chi connectivity index (χ4n) is 1.69. The number of hydrogen-bond acceptors (Lipinski definition) is 3. The molecule has 17 heavy (non-hydrogen) atoms. The molecule has 0 fully saturated rings. The monoisotopic (exact) mass is 244 g/mol. The van der Waals surface area contributed by atoms with Crippen molar-refractivity contribution in [2.75, 3.05) is 5.73 Å². The molecular weight excluding hydrogens is 236 g/mol. The van der Waals surface area contributed by atoms with Crippen LogP contribution in [0.15, 0.2) is 36.4 Å². The lowest BCUT2D eigenvalue weighted by molar-refractivity contribution is 1.30. The fraction of sp³-hybridized carbons (Fsp3) is 0. The second-order valence-corrected chi connectivity index (χ2v) is 4.08.